The minimum atomic E-state index is -0.632. The highest BCUT2D eigenvalue weighted by Gasteiger charge is 2.35. The minimum absolute atomic E-state index is 0.0348. The predicted molar refractivity (Wildman–Crippen MR) is 116 cm³/mol. The van der Waals surface area contributed by atoms with Crippen LogP contribution >= 0.6 is 11.6 Å². The molecule has 0 saturated carbocycles. The third-order valence-electron chi connectivity index (χ3n) is 5.86. The van der Waals surface area contributed by atoms with Crippen molar-refractivity contribution in [3.63, 3.8) is 0 Å². The zero-order valence-corrected chi connectivity index (χ0v) is 17.8. The molecule has 2 aromatic rings. The molecule has 2 fully saturated rings. The third-order valence-corrected chi connectivity index (χ3v) is 6.08. The number of nitrogens with zero attached hydrogens (tertiary/aromatic N) is 4. The van der Waals surface area contributed by atoms with Crippen LogP contribution in [0.2, 0.25) is 5.02 Å². The van der Waals surface area contributed by atoms with Gasteiger partial charge in [0.05, 0.1) is 0 Å². The van der Waals surface area contributed by atoms with E-state index in [0.29, 0.717) is 31.7 Å². The second-order valence-corrected chi connectivity index (χ2v) is 8.46. The number of rotatable bonds is 4. The van der Waals surface area contributed by atoms with Crippen molar-refractivity contribution in [1.82, 2.24) is 14.9 Å². The van der Waals surface area contributed by atoms with Gasteiger partial charge in [0, 0.05) is 36.4 Å². The second kappa shape index (κ2) is 9.21. The molecule has 0 radical (unpaired) electrons. The summed E-state index contributed by atoms with van der Waals surface area (Å²) >= 11 is 5.95. The molecule has 1 aromatic carbocycles. The van der Waals surface area contributed by atoms with Gasteiger partial charge >= 0.3 is 0 Å². The Morgan fingerprint density at radius 2 is 1.94 bits per heavy atom. The summed E-state index contributed by atoms with van der Waals surface area (Å²) in [5.41, 5.74) is 6.08. The van der Waals surface area contributed by atoms with E-state index in [4.69, 9.17) is 17.3 Å². The summed E-state index contributed by atoms with van der Waals surface area (Å²) in [7, 11) is 0. The summed E-state index contributed by atoms with van der Waals surface area (Å²) in [6, 6.07) is 3.62. The molecule has 0 aliphatic carbocycles. The van der Waals surface area contributed by atoms with Gasteiger partial charge in [0.2, 0.25) is 11.7 Å². The number of amides is 1. The van der Waals surface area contributed by atoms with E-state index in [2.05, 4.69) is 15.3 Å². The number of halogens is 3. The topological polar surface area (TPSA) is 87.4 Å². The van der Waals surface area contributed by atoms with Crippen molar-refractivity contribution < 1.29 is 13.6 Å². The van der Waals surface area contributed by atoms with Gasteiger partial charge in [-0.3, -0.25) is 4.79 Å². The van der Waals surface area contributed by atoms with E-state index in [0.717, 1.165) is 25.7 Å². The lowest BCUT2D eigenvalue weighted by atomic mass is 10.0. The highest BCUT2D eigenvalue weighted by atomic mass is 35.5. The molecule has 2 aliphatic rings. The molecular weight excluding hydrogens is 426 g/mol. The van der Waals surface area contributed by atoms with Crippen molar-refractivity contribution in [3.8, 4) is 0 Å². The van der Waals surface area contributed by atoms with Crippen molar-refractivity contribution in [2.45, 2.75) is 44.2 Å². The molecular formula is C21H25ClF2N6O. The number of hydrogen-bond acceptors (Lipinski definition) is 6. The summed E-state index contributed by atoms with van der Waals surface area (Å²) < 4.78 is 28.2. The van der Waals surface area contributed by atoms with Crippen LogP contribution in [-0.4, -0.2) is 52.5 Å². The molecule has 31 heavy (non-hydrogen) atoms. The maximum absolute atomic E-state index is 14.4. The van der Waals surface area contributed by atoms with E-state index in [9.17, 15) is 13.6 Å². The van der Waals surface area contributed by atoms with Crippen LogP contribution in [0.15, 0.2) is 24.5 Å². The van der Waals surface area contributed by atoms with Crippen LogP contribution in [-0.2, 0) is 4.79 Å². The number of anilines is 3. The molecule has 4 rings (SSSR count). The van der Waals surface area contributed by atoms with Crippen LogP contribution in [0.1, 0.15) is 32.1 Å². The first-order valence-electron chi connectivity index (χ1n) is 10.5. The number of likely N-dealkylation sites (tertiary alicyclic amines) is 1. The number of nitrogens with two attached hydrogens (primary N) is 1. The standard InChI is InChI=1S/C21H25ClF2N6O/c22-13-8-14(23)10-15(9-13)28-17-5-1-2-7-30(21(17)31)16-4-3-6-29(11-16)20-18(24)19(25)26-12-27-20/h8-10,12,16-17,28H,1-7,11H2,(H2,25,26,27)/t16-,17-/m1/s1. The molecule has 0 unspecified atom stereocenters. The average molecular weight is 451 g/mol. The molecule has 3 N–H and O–H groups in total. The van der Waals surface area contributed by atoms with Gasteiger partial charge in [-0.1, -0.05) is 11.6 Å². The minimum Gasteiger partial charge on any atom is -0.381 e. The van der Waals surface area contributed by atoms with Gasteiger partial charge in [0.1, 0.15) is 18.2 Å². The van der Waals surface area contributed by atoms with Crippen molar-refractivity contribution in [2.24, 2.45) is 0 Å². The summed E-state index contributed by atoms with van der Waals surface area (Å²) in [6.07, 6.45) is 5.27. The maximum atomic E-state index is 14.4. The largest absolute Gasteiger partial charge is 0.381 e. The molecule has 1 amide bonds. The van der Waals surface area contributed by atoms with E-state index in [1.807, 2.05) is 9.80 Å². The van der Waals surface area contributed by atoms with Crippen LogP contribution in [0, 0.1) is 11.6 Å². The molecule has 7 nitrogen and oxygen atoms in total. The van der Waals surface area contributed by atoms with E-state index in [1.165, 1.54) is 18.5 Å². The lowest BCUT2D eigenvalue weighted by molar-refractivity contribution is -0.134. The van der Waals surface area contributed by atoms with Crippen molar-refractivity contribution in [1.29, 1.82) is 0 Å². The monoisotopic (exact) mass is 450 g/mol. The Morgan fingerprint density at radius 1 is 1.10 bits per heavy atom. The fourth-order valence-corrected chi connectivity index (χ4v) is 4.62. The highest BCUT2D eigenvalue weighted by molar-refractivity contribution is 6.30. The fourth-order valence-electron chi connectivity index (χ4n) is 4.39. The Kier molecular flexibility index (Phi) is 6.41. The lowest BCUT2D eigenvalue weighted by Gasteiger charge is -2.40. The van der Waals surface area contributed by atoms with E-state index < -0.39 is 17.7 Å². The Morgan fingerprint density at radius 3 is 2.74 bits per heavy atom. The first-order chi connectivity index (χ1) is 14.9. The maximum Gasteiger partial charge on any atom is 0.245 e. The second-order valence-electron chi connectivity index (χ2n) is 8.02. The summed E-state index contributed by atoms with van der Waals surface area (Å²) in [5.74, 6) is -1.14. The number of hydrogen-bond donors (Lipinski definition) is 2. The number of benzene rings is 1. The number of carbonyl (C=O) groups excluding carboxylic acids is 1. The first-order valence-corrected chi connectivity index (χ1v) is 10.8. The highest BCUT2D eigenvalue weighted by Crippen LogP contribution is 2.28. The van der Waals surface area contributed by atoms with Gasteiger partial charge in [-0.25, -0.2) is 14.4 Å². The Balaban J connectivity index is 1.51. The van der Waals surface area contributed by atoms with Gasteiger partial charge in [0.25, 0.3) is 0 Å². The van der Waals surface area contributed by atoms with Crippen LogP contribution in [0.25, 0.3) is 0 Å². The molecule has 0 bridgehead atoms. The Hall–Kier alpha value is -2.68. The SMILES string of the molecule is Nc1ncnc(N2CCC[C@@H](N3CCCC[C@@H](Nc4cc(F)cc(Cl)c4)C3=O)C2)c1F. The van der Waals surface area contributed by atoms with Crippen LogP contribution in [0.4, 0.5) is 26.1 Å². The van der Waals surface area contributed by atoms with Crippen molar-refractivity contribution in [2.75, 3.05) is 35.6 Å². The molecule has 2 aliphatic heterocycles. The third kappa shape index (κ3) is 4.81. The van der Waals surface area contributed by atoms with Gasteiger partial charge in [-0.15, -0.1) is 0 Å². The van der Waals surface area contributed by atoms with E-state index in [-0.39, 0.29) is 28.6 Å². The predicted octanol–water partition coefficient (Wildman–Crippen LogP) is 3.45. The molecule has 1 aromatic heterocycles. The van der Waals surface area contributed by atoms with Crippen LogP contribution < -0.4 is 16.0 Å². The molecule has 0 spiro atoms. The van der Waals surface area contributed by atoms with E-state index >= 15 is 0 Å². The summed E-state index contributed by atoms with van der Waals surface area (Å²) in [5, 5.41) is 3.43. The smallest absolute Gasteiger partial charge is 0.245 e. The summed E-state index contributed by atoms with van der Waals surface area (Å²) in [4.78, 5) is 24.8. The summed E-state index contributed by atoms with van der Waals surface area (Å²) in [6.45, 7) is 1.74. The first kappa shape index (κ1) is 21.5. The molecule has 3 heterocycles. The van der Waals surface area contributed by atoms with Crippen molar-refractivity contribution >= 4 is 34.8 Å². The van der Waals surface area contributed by atoms with Gasteiger partial charge in [0.15, 0.2) is 11.6 Å². The number of piperidine rings is 1. The van der Waals surface area contributed by atoms with Crippen molar-refractivity contribution in [3.05, 3.63) is 41.2 Å². The molecule has 10 heteroatoms. The molecule has 2 saturated heterocycles. The number of nitrogen functional groups attached to an aromatic ring is 1. The number of carbonyl (C=O) groups is 1. The van der Waals surface area contributed by atoms with E-state index in [1.54, 1.807) is 6.07 Å². The number of aromatic nitrogens is 2. The zero-order valence-electron chi connectivity index (χ0n) is 17.0. The Labute approximate surface area is 184 Å². The van der Waals surface area contributed by atoms with Gasteiger partial charge in [-0.05, 0) is 50.3 Å². The number of nitrogens with one attached hydrogen (secondary N) is 1. The lowest BCUT2D eigenvalue weighted by Crippen LogP contribution is -2.53. The zero-order chi connectivity index (χ0) is 22.0. The average Bonchev–Trinajstić information content (AvgIpc) is 2.91. The quantitative estimate of drug-likeness (QED) is 0.741. The molecule has 166 valence electrons. The normalized spacial score (nSPS) is 22.4. The molecule has 2 atom stereocenters. The fraction of sp³-hybridized carbons (Fsp3) is 0.476. The van der Waals surface area contributed by atoms with Crippen LogP contribution in [0.3, 0.4) is 0 Å². The Bertz CT molecular complexity index is 941. The van der Waals surface area contributed by atoms with Crippen LogP contribution in [0.5, 0.6) is 0 Å². The van der Waals surface area contributed by atoms with Gasteiger partial charge in [-0.2, -0.15) is 4.39 Å². The van der Waals surface area contributed by atoms with Gasteiger partial charge < -0.3 is 20.9 Å².